The lowest BCUT2D eigenvalue weighted by atomic mass is 9.92. The summed E-state index contributed by atoms with van der Waals surface area (Å²) in [5.41, 5.74) is 6.63. The number of fused-ring (bicyclic) bond motifs is 1. The highest BCUT2D eigenvalue weighted by Gasteiger charge is 2.33. The number of carbonyl (C=O) groups is 1. The first-order valence-corrected chi connectivity index (χ1v) is 11.7. The number of benzene rings is 1. The maximum absolute atomic E-state index is 14.4. The standard InChI is InChI=1S/C24H34FN5O2/c1-15(26)27-24(31)18-13-17-19(25)9-6-10-20(17)29-23(18)30-12-11-21(22(14-30)32-2)28-16-7-4-3-5-8-16/h6,9-10,13,15-16,21-22,28H,3-5,7-8,11-12,14,26H2,1-2H3,(H,27,31)/t15?,21-,22+/m1/s1. The molecular formula is C24H34FN5O2. The minimum Gasteiger partial charge on any atom is -0.378 e. The normalized spacial score (nSPS) is 23.3. The Kier molecular flexibility index (Phi) is 7.23. The molecule has 0 spiro atoms. The van der Waals surface area contributed by atoms with Crippen LogP contribution in [0.1, 0.15) is 55.8 Å². The quantitative estimate of drug-likeness (QED) is 0.595. The Bertz CT molecular complexity index is 947. The molecule has 1 aliphatic carbocycles. The Morgan fingerprint density at radius 2 is 2.06 bits per heavy atom. The van der Waals surface area contributed by atoms with Crippen LogP contribution in [0.2, 0.25) is 0 Å². The Balaban J connectivity index is 1.61. The molecule has 2 aliphatic rings. The fourth-order valence-corrected chi connectivity index (χ4v) is 4.95. The maximum atomic E-state index is 14.4. The summed E-state index contributed by atoms with van der Waals surface area (Å²) in [6.45, 7) is 3.03. The van der Waals surface area contributed by atoms with E-state index in [1.807, 2.05) is 0 Å². The fraction of sp³-hybridized carbons (Fsp3) is 0.583. The van der Waals surface area contributed by atoms with Gasteiger partial charge in [-0.1, -0.05) is 25.3 Å². The number of nitrogens with zero attached hydrogens (tertiary/aromatic N) is 2. The molecule has 3 atom stereocenters. The third-order valence-electron chi connectivity index (χ3n) is 6.61. The zero-order chi connectivity index (χ0) is 22.7. The largest absolute Gasteiger partial charge is 0.378 e. The number of piperidine rings is 1. The van der Waals surface area contributed by atoms with Crippen LogP contribution < -0.4 is 21.3 Å². The van der Waals surface area contributed by atoms with E-state index in [1.54, 1.807) is 32.2 Å². The third kappa shape index (κ3) is 5.03. The highest BCUT2D eigenvalue weighted by Crippen LogP contribution is 2.29. The number of hydrogen-bond donors (Lipinski definition) is 3. The van der Waals surface area contributed by atoms with Crippen LogP contribution >= 0.6 is 0 Å². The molecule has 7 nitrogen and oxygen atoms in total. The molecule has 0 radical (unpaired) electrons. The van der Waals surface area contributed by atoms with Gasteiger partial charge in [-0.05, 0) is 44.4 Å². The molecule has 2 heterocycles. The first-order valence-electron chi connectivity index (χ1n) is 11.7. The molecule has 1 amide bonds. The molecule has 2 fully saturated rings. The van der Waals surface area contributed by atoms with Gasteiger partial charge in [0.25, 0.3) is 5.91 Å². The molecule has 1 aromatic heterocycles. The molecule has 1 aliphatic heterocycles. The van der Waals surface area contributed by atoms with Crippen molar-refractivity contribution >= 4 is 22.6 Å². The Morgan fingerprint density at radius 1 is 1.28 bits per heavy atom. The summed E-state index contributed by atoms with van der Waals surface area (Å²) in [4.78, 5) is 19.7. The summed E-state index contributed by atoms with van der Waals surface area (Å²) in [7, 11) is 1.73. The molecule has 1 aromatic carbocycles. The molecule has 174 valence electrons. The van der Waals surface area contributed by atoms with E-state index in [4.69, 9.17) is 15.5 Å². The van der Waals surface area contributed by atoms with Gasteiger partial charge in [-0.15, -0.1) is 0 Å². The van der Waals surface area contributed by atoms with E-state index in [-0.39, 0.29) is 18.1 Å². The number of anilines is 1. The molecule has 32 heavy (non-hydrogen) atoms. The molecule has 4 rings (SSSR count). The van der Waals surface area contributed by atoms with Gasteiger partial charge in [-0.25, -0.2) is 9.37 Å². The number of aromatic nitrogens is 1. The highest BCUT2D eigenvalue weighted by atomic mass is 19.1. The second kappa shape index (κ2) is 10.1. The number of halogens is 1. The van der Waals surface area contributed by atoms with E-state index in [9.17, 15) is 9.18 Å². The smallest absolute Gasteiger partial charge is 0.256 e. The first kappa shape index (κ1) is 22.9. The van der Waals surface area contributed by atoms with Crippen LogP contribution in [-0.2, 0) is 4.74 Å². The number of hydrogen-bond acceptors (Lipinski definition) is 6. The highest BCUT2D eigenvalue weighted by molar-refractivity contribution is 6.02. The van der Waals surface area contributed by atoms with Crippen molar-refractivity contribution in [2.24, 2.45) is 5.73 Å². The summed E-state index contributed by atoms with van der Waals surface area (Å²) < 4.78 is 20.3. The third-order valence-corrected chi connectivity index (χ3v) is 6.61. The first-order chi connectivity index (χ1) is 15.5. The van der Waals surface area contributed by atoms with Crippen molar-refractivity contribution in [3.05, 3.63) is 35.6 Å². The number of pyridine rings is 1. The molecule has 0 bridgehead atoms. The molecule has 1 saturated carbocycles. The van der Waals surface area contributed by atoms with Gasteiger partial charge < -0.3 is 26.0 Å². The topological polar surface area (TPSA) is 92.5 Å². The number of nitrogens with one attached hydrogen (secondary N) is 2. The lowest BCUT2D eigenvalue weighted by molar-refractivity contribution is 0.0533. The Labute approximate surface area is 188 Å². The summed E-state index contributed by atoms with van der Waals surface area (Å²) >= 11 is 0. The summed E-state index contributed by atoms with van der Waals surface area (Å²) in [6.07, 6.45) is 6.65. The van der Waals surface area contributed by atoms with E-state index in [0.29, 0.717) is 34.9 Å². The number of nitrogens with two attached hydrogens (primary N) is 1. The van der Waals surface area contributed by atoms with Crippen molar-refractivity contribution in [1.29, 1.82) is 0 Å². The van der Waals surface area contributed by atoms with E-state index in [1.165, 1.54) is 38.2 Å². The summed E-state index contributed by atoms with van der Waals surface area (Å²) in [5.74, 6) is -0.218. The van der Waals surface area contributed by atoms with E-state index in [0.717, 1.165) is 13.0 Å². The van der Waals surface area contributed by atoms with Gasteiger partial charge in [0, 0.05) is 37.7 Å². The van der Waals surface area contributed by atoms with Gasteiger partial charge in [0.05, 0.1) is 23.3 Å². The fourth-order valence-electron chi connectivity index (χ4n) is 4.95. The maximum Gasteiger partial charge on any atom is 0.256 e. The molecule has 2 aromatic rings. The number of methoxy groups -OCH3 is 1. The molecule has 8 heteroatoms. The van der Waals surface area contributed by atoms with Crippen molar-refractivity contribution in [1.82, 2.24) is 15.6 Å². The molecule has 1 saturated heterocycles. The van der Waals surface area contributed by atoms with Crippen molar-refractivity contribution in [2.75, 3.05) is 25.1 Å². The van der Waals surface area contributed by atoms with Gasteiger partial charge in [0.2, 0.25) is 0 Å². The second-order valence-electron chi connectivity index (χ2n) is 9.05. The monoisotopic (exact) mass is 443 g/mol. The lowest BCUT2D eigenvalue weighted by Gasteiger charge is -2.41. The second-order valence-corrected chi connectivity index (χ2v) is 9.05. The minimum atomic E-state index is -0.524. The number of carbonyl (C=O) groups excluding carboxylic acids is 1. The van der Waals surface area contributed by atoms with Gasteiger partial charge >= 0.3 is 0 Å². The minimum absolute atomic E-state index is 0.0278. The van der Waals surface area contributed by atoms with Crippen LogP contribution in [0.15, 0.2) is 24.3 Å². The van der Waals surface area contributed by atoms with Gasteiger partial charge in [0.1, 0.15) is 11.6 Å². The van der Waals surface area contributed by atoms with Gasteiger partial charge in [-0.2, -0.15) is 0 Å². The van der Waals surface area contributed by atoms with Crippen molar-refractivity contribution in [3.8, 4) is 0 Å². The average Bonchev–Trinajstić information content (AvgIpc) is 2.79. The number of amides is 1. The van der Waals surface area contributed by atoms with E-state index in [2.05, 4.69) is 15.5 Å². The van der Waals surface area contributed by atoms with Crippen molar-refractivity contribution in [2.45, 2.75) is 69.8 Å². The Morgan fingerprint density at radius 3 is 2.78 bits per heavy atom. The molecule has 1 unspecified atom stereocenters. The predicted octanol–water partition coefficient (Wildman–Crippen LogP) is 2.92. The van der Waals surface area contributed by atoms with Crippen molar-refractivity contribution in [3.63, 3.8) is 0 Å². The van der Waals surface area contributed by atoms with Crippen LogP contribution in [0.5, 0.6) is 0 Å². The van der Waals surface area contributed by atoms with Gasteiger partial charge in [0.15, 0.2) is 0 Å². The van der Waals surface area contributed by atoms with Gasteiger partial charge in [-0.3, -0.25) is 4.79 Å². The number of rotatable bonds is 6. The zero-order valence-electron chi connectivity index (χ0n) is 18.9. The average molecular weight is 444 g/mol. The predicted molar refractivity (Wildman–Crippen MR) is 124 cm³/mol. The van der Waals surface area contributed by atoms with Crippen LogP contribution in [0, 0.1) is 5.82 Å². The van der Waals surface area contributed by atoms with Crippen LogP contribution in [0.4, 0.5) is 10.2 Å². The Hall–Kier alpha value is -2.29. The van der Waals surface area contributed by atoms with Crippen LogP contribution in [0.3, 0.4) is 0 Å². The van der Waals surface area contributed by atoms with Crippen molar-refractivity contribution < 1.29 is 13.9 Å². The summed E-state index contributed by atoms with van der Waals surface area (Å²) in [5, 5.41) is 6.85. The SMILES string of the molecule is CO[C@H]1CN(c2nc3cccc(F)c3cc2C(=O)NC(C)N)CC[C@H]1NC1CCCCC1. The molecule has 4 N–H and O–H groups in total. The summed E-state index contributed by atoms with van der Waals surface area (Å²) in [6, 6.07) is 7.17. The zero-order valence-corrected chi connectivity index (χ0v) is 18.9. The van der Waals surface area contributed by atoms with E-state index < -0.39 is 12.0 Å². The van der Waals surface area contributed by atoms with Crippen LogP contribution in [0.25, 0.3) is 10.9 Å². The lowest BCUT2D eigenvalue weighted by Crippen LogP contribution is -2.56. The van der Waals surface area contributed by atoms with E-state index >= 15 is 0 Å². The van der Waals surface area contributed by atoms with Crippen LogP contribution in [-0.4, -0.2) is 55.4 Å². The number of ether oxygens (including phenoxy) is 1. The molecular weight excluding hydrogens is 409 g/mol.